The largest absolute Gasteiger partial charge is 0.441 e. The van der Waals surface area contributed by atoms with Gasteiger partial charge in [0.05, 0.1) is 11.8 Å². The maximum atomic E-state index is 13.9. The molecule has 0 radical (unpaired) electrons. The number of aromatic nitrogens is 2. The summed E-state index contributed by atoms with van der Waals surface area (Å²) in [5.41, 5.74) is 2.01. The van der Waals surface area contributed by atoms with E-state index in [-0.39, 0.29) is 42.0 Å². The van der Waals surface area contributed by atoms with Crippen LogP contribution in [-0.2, 0) is 17.8 Å². The SMILES string of the molecule is O=C(CCc1ncc(-c2ccc(F)cc2F)o1)Nc1cccc(NC(=O)NCc2ccncc2)c1. The van der Waals surface area contributed by atoms with Crippen molar-refractivity contribution < 1.29 is 22.8 Å². The molecular weight excluding hydrogens is 456 g/mol. The van der Waals surface area contributed by atoms with Crippen LogP contribution in [-0.4, -0.2) is 21.9 Å². The summed E-state index contributed by atoms with van der Waals surface area (Å²) in [4.78, 5) is 32.5. The van der Waals surface area contributed by atoms with Crippen molar-refractivity contribution in [2.75, 3.05) is 10.6 Å². The van der Waals surface area contributed by atoms with E-state index in [1.165, 1.54) is 12.3 Å². The standard InChI is InChI=1S/C25H21F2N5O3/c26-17-4-5-20(21(27)12-17)22-15-29-24(35-22)7-6-23(33)31-18-2-1-3-19(13-18)32-25(34)30-14-16-8-10-28-11-9-16/h1-5,8-13,15H,6-7,14H2,(H,31,33)(H2,30,32,34). The summed E-state index contributed by atoms with van der Waals surface area (Å²) in [5.74, 6) is -1.34. The number of urea groups is 1. The van der Waals surface area contributed by atoms with Crippen molar-refractivity contribution in [3.05, 3.63) is 96.3 Å². The molecule has 0 spiro atoms. The van der Waals surface area contributed by atoms with Gasteiger partial charge in [-0.05, 0) is 48.0 Å². The van der Waals surface area contributed by atoms with Gasteiger partial charge in [0.25, 0.3) is 0 Å². The topological polar surface area (TPSA) is 109 Å². The van der Waals surface area contributed by atoms with Gasteiger partial charge in [-0.25, -0.2) is 18.6 Å². The number of pyridine rings is 1. The van der Waals surface area contributed by atoms with E-state index in [2.05, 4.69) is 25.9 Å². The molecule has 4 aromatic rings. The summed E-state index contributed by atoms with van der Waals surface area (Å²) < 4.78 is 32.5. The number of carbonyl (C=O) groups excluding carboxylic acids is 2. The molecule has 0 saturated heterocycles. The summed E-state index contributed by atoms with van der Waals surface area (Å²) in [6.07, 6.45) is 4.87. The molecule has 0 aliphatic carbocycles. The van der Waals surface area contributed by atoms with Crippen LogP contribution in [0.4, 0.5) is 25.0 Å². The fourth-order valence-electron chi connectivity index (χ4n) is 3.22. The van der Waals surface area contributed by atoms with Gasteiger partial charge in [0.1, 0.15) is 11.6 Å². The number of halogens is 2. The average Bonchev–Trinajstić information content (AvgIpc) is 3.31. The second kappa shape index (κ2) is 11.0. The molecule has 2 heterocycles. The van der Waals surface area contributed by atoms with E-state index < -0.39 is 11.6 Å². The number of hydrogen-bond donors (Lipinski definition) is 3. The number of nitrogens with one attached hydrogen (secondary N) is 3. The Hall–Kier alpha value is -4.60. The first-order chi connectivity index (χ1) is 17.0. The van der Waals surface area contributed by atoms with Gasteiger partial charge in [-0.2, -0.15) is 0 Å². The maximum Gasteiger partial charge on any atom is 0.319 e. The number of amides is 3. The molecule has 2 aromatic heterocycles. The predicted molar refractivity (Wildman–Crippen MR) is 125 cm³/mol. The third kappa shape index (κ3) is 6.70. The quantitative estimate of drug-likeness (QED) is 0.334. The molecule has 8 nitrogen and oxygen atoms in total. The Morgan fingerprint density at radius 3 is 2.49 bits per heavy atom. The monoisotopic (exact) mass is 477 g/mol. The van der Waals surface area contributed by atoms with E-state index in [0.717, 1.165) is 17.7 Å². The lowest BCUT2D eigenvalue weighted by molar-refractivity contribution is -0.116. The van der Waals surface area contributed by atoms with Crippen LogP contribution >= 0.6 is 0 Å². The number of nitrogens with zero attached hydrogens (tertiary/aromatic N) is 2. The molecule has 3 N–H and O–H groups in total. The Morgan fingerprint density at radius 2 is 1.71 bits per heavy atom. The first-order valence-corrected chi connectivity index (χ1v) is 10.7. The zero-order valence-electron chi connectivity index (χ0n) is 18.4. The van der Waals surface area contributed by atoms with E-state index >= 15 is 0 Å². The smallest absolute Gasteiger partial charge is 0.319 e. The Labute approximate surface area is 199 Å². The highest BCUT2D eigenvalue weighted by molar-refractivity contribution is 5.93. The number of rotatable bonds is 8. The lowest BCUT2D eigenvalue weighted by Crippen LogP contribution is -2.28. The van der Waals surface area contributed by atoms with Crippen LogP contribution in [0.15, 0.2) is 77.6 Å². The van der Waals surface area contributed by atoms with Crippen LogP contribution in [0.5, 0.6) is 0 Å². The number of benzene rings is 2. The minimum absolute atomic E-state index is 0.0654. The van der Waals surface area contributed by atoms with Crippen molar-refractivity contribution in [1.29, 1.82) is 0 Å². The van der Waals surface area contributed by atoms with E-state index in [9.17, 15) is 18.4 Å². The van der Waals surface area contributed by atoms with Crippen molar-refractivity contribution in [3.8, 4) is 11.3 Å². The number of hydrogen-bond acceptors (Lipinski definition) is 5. The third-order valence-electron chi connectivity index (χ3n) is 4.92. The molecule has 4 rings (SSSR count). The van der Waals surface area contributed by atoms with Crippen LogP contribution in [0, 0.1) is 11.6 Å². The first-order valence-electron chi connectivity index (χ1n) is 10.7. The molecule has 35 heavy (non-hydrogen) atoms. The van der Waals surface area contributed by atoms with Crippen molar-refractivity contribution in [1.82, 2.24) is 15.3 Å². The zero-order valence-corrected chi connectivity index (χ0v) is 18.4. The molecule has 0 aliphatic rings. The van der Waals surface area contributed by atoms with Gasteiger partial charge >= 0.3 is 6.03 Å². The second-order valence-electron chi connectivity index (χ2n) is 7.53. The fourth-order valence-corrected chi connectivity index (χ4v) is 3.22. The predicted octanol–water partition coefficient (Wildman–Crippen LogP) is 4.91. The molecule has 178 valence electrons. The second-order valence-corrected chi connectivity index (χ2v) is 7.53. The molecule has 0 atom stereocenters. The van der Waals surface area contributed by atoms with Gasteiger partial charge in [-0.15, -0.1) is 0 Å². The molecule has 10 heteroatoms. The van der Waals surface area contributed by atoms with Gasteiger partial charge < -0.3 is 20.4 Å². The molecule has 0 bridgehead atoms. The Kier molecular flexibility index (Phi) is 7.41. The van der Waals surface area contributed by atoms with Crippen LogP contribution < -0.4 is 16.0 Å². The zero-order chi connectivity index (χ0) is 24.6. The van der Waals surface area contributed by atoms with Crippen LogP contribution in [0.3, 0.4) is 0 Å². The van der Waals surface area contributed by atoms with Crippen LogP contribution in [0.2, 0.25) is 0 Å². The molecule has 0 unspecified atom stereocenters. The fraction of sp³-hybridized carbons (Fsp3) is 0.120. The summed E-state index contributed by atoms with van der Waals surface area (Å²) >= 11 is 0. The van der Waals surface area contributed by atoms with Gasteiger partial charge in [0.15, 0.2) is 11.7 Å². The Balaban J connectivity index is 1.27. The minimum Gasteiger partial charge on any atom is -0.441 e. The molecule has 2 aromatic carbocycles. The van der Waals surface area contributed by atoms with E-state index in [0.29, 0.717) is 17.9 Å². The van der Waals surface area contributed by atoms with Gasteiger partial charge in [-0.3, -0.25) is 9.78 Å². The van der Waals surface area contributed by atoms with Gasteiger partial charge in [-0.1, -0.05) is 6.07 Å². The van der Waals surface area contributed by atoms with Crippen molar-refractivity contribution in [2.24, 2.45) is 0 Å². The highest BCUT2D eigenvalue weighted by atomic mass is 19.1. The summed E-state index contributed by atoms with van der Waals surface area (Å²) in [6.45, 7) is 0.348. The van der Waals surface area contributed by atoms with Gasteiger partial charge in [0, 0.05) is 49.2 Å². The number of oxazole rings is 1. The molecular formula is C25H21F2N5O3. The maximum absolute atomic E-state index is 13.9. The highest BCUT2D eigenvalue weighted by Crippen LogP contribution is 2.24. The molecule has 0 saturated carbocycles. The molecule has 3 amide bonds. The summed E-state index contributed by atoms with van der Waals surface area (Å²) in [6, 6.07) is 13.1. The van der Waals surface area contributed by atoms with Crippen molar-refractivity contribution in [2.45, 2.75) is 19.4 Å². The Bertz CT molecular complexity index is 1330. The number of aryl methyl sites for hydroxylation is 1. The van der Waals surface area contributed by atoms with E-state index in [1.807, 2.05) is 0 Å². The minimum atomic E-state index is -0.759. The third-order valence-corrected chi connectivity index (χ3v) is 4.92. The van der Waals surface area contributed by atoms with Gasteiger partial charge in [0.2, 0.25) is 5.91 Å². The number of anilines is 2. The normalized spacial score (nSPS) is 10.6. The lowest BCUT2D eigenvalue weighted by atomic mass is 10.2. The highest BCUT2D eigenvalue weighted by Gasteiger charge is 2.13. The molecule has 0 fully saturated rings. The molecule has 0 aliphatic heterocycles. The number of carbonyl (C=O) groups is 2. The van der Waals surface area contributed by atoms with Crippen molar-refractivity contribution >= 4 is 23.3 Å². The first kappa shape index (κ1) is 23.6. The average molecular weight is 477 g/mol. The van der Waals surface area contributed by atoms with Crippen molar-refractivity contribution in [3.63, 3.8) is 0 Å². The van der Waals surface area contributed by atoms with Crippen LogP contribution in [0.1, 0.15) is 17.9 Å². The summed E-state index contributed by atoms with van der Waals surface area (Å²) in [7, 11) is 0. The lowest BCUT2D eigenvalue weighted by Gasteiger charge is -2.10. The van der Waals surface area contributed by atoms with Crippen LogP contribution in [0.25, 0.3) is 11.3 Å². The van der Waals surface area contributed by atoms with E-state index in [4.69, 9.17) is 4.42 Å². The summed E-state index contributed by atoms with van der Waals surface area (Å²) in [5, 5.41) is 8.20. The van der Waals surface area contributed by atoms with E-state index in [1.54, 1.807) is 48.8 Å². The Morgan fingerprint density at radius 1 is 0.943 bits per heavy atom.